The molecular formula is C18H12F3N5O2S. The van der Waals surface area contributed by atoms with Crippen LogP contribution in [0.4, 0.5) is 19.0 Å². The van der Waals surface area contributed by atoms with Crippen LogP contribution in [0.2, 0.25) is 0 Å². The lowest BCUT2D eigenvalue weighted by Crippen LogP contribution is -2.16. The molecule has 0 amide bonds. The van der Waals surface area contributed by atoms with Crippen molar-refractivity contribution in [2.75, 3.05) is 4.72 Å². The second-order valence-corrected chi connectivity index (χ2v) is 7.68. The van der Waals surface area contributed by atoms with Crippen molar-refractivity contribution in [2.24, 2.45) is 0 Å². The van der Waals surface area contributed by atoms with Gasteiger partial charge < -0.3 is 0 Å². The van der Waals surface area contributed by atoms with Gasteiger partial charge in [-0.3, -0.25) is 9.71 Å². The smallest absolute Gasteiger partial charge is 0.264 e. The lowest BCUT2D eigenvalue weighted by atomic mass is 10.2. The van der Waals surface area contributed by atoms with Crippen molar-refractivity contribution in [1.29, 1.82) is 0 Å². The number of benzene rings is 1. The Kier molecular flexibility index (Phi) is 4.46. The van der Waals surface area contributed by atoms with E-state index in [-0.39, 0.29) is 10.7 Å². The Hall–Kier alpha value is -3.47. The molecule has 0 radical (unpaired) electrons. The summed E-state index contributed by atoms with van der Waals surface area (Å²) in [5.41, 5.74) is 0.703. The molecule has 0 aliphatic rings. The molecule has 11 heteroatoms. The average molecular weight is 419 g/mol. The quantitative estimate of drug-likeness (QED) is 0.546. The highest BCUT2D eigenvalue weighted by Crippen LogP contribution is 2.30. The number of nitrogens with zero attached hydrogens (tertiary/aromatic N) is 4. The highest BCUT2D eigenvalue weighted by molar-refractivity contribution is 7.92. The zero-order valence-corrected chi connectivity index (χ0v) is 15.3. The van der Waals surface area contributed by atoms with Gasteiger partial charge in [0.2, 0.25) is 0 Å². The molecule has 0 unspecified atom stereocenters. The first kappa shape index (κ1) is 18.9. The van der Waals surface area contributed by atoms with Gasteiger partial charge in [0.15, 0.2) is 5.65 Å². The van der Waals surface area contributed by atoms with Crippen LogP contribution in [0.15, 0.2) is 72.0 Å². The van der Waals surface area contributed by atoms with Gasteiger partial charge in [0.1, 0.15) is 5.82 Å². The van der Waals surface area contributed by atoms with Crippen LogP contribution in [-0.4, -0.2) is 28.0 Å². The second-order valence-electron chi connectivity index (χ2n) is 6.00. The highest BCUT2D eigenvalue weighted by atomic mass is 32.2. The van der Waals surface area contributed by atoms with E-state index in [1.807, 2.05) is 0 Å². The number of pyridine rings is 1. The molecule has 0 saturated heterocycles. The van der Waals surface area contributed by atoms with Crippen molar-refractivity contribution in [3.05, 3.63) is 72.7 Å². The van der Waals surface area contributed by atoms with Crippen LogP contribution in [0.5, 0.6) is 0 Å². The first-order valence-corrected chi connectivity index (χ1v) is 9.68. The third kappa shape index (κ3) is 3.76. The van der Waals surface area contributed by atoms with Crippen LogP contribution in [0, 0.1) is 0 Å². The summed E-state index contributed by atoms with van der Waals surface area (Å²) in [5, 5.41) is 4.35. The standard InChI is InChI=1S/C18H12F3N5O2S/c19-18(20,21)13-3-5-14(6-4-13)29(27,28)25-16-7-9-23-17-10-15(24-26(16)17)12-2-1-8-22-11-12/h1-11,25H. The summed E-state index contributed by atoms with van der Waals surface area (Å²) < 4.78 is 66.9. The summed E-state index contributed by atoms with van der Waals surface area (Å²) in [5.74, 6) is 0.0880. The average Bonchev–Trinajstić information content (AvgIpc) is 3.13. The number of aromatic nitrogens is 4. The first-order chi connectivity index (χ1) is 13.7. The summed E-state index contributed by atoms with van der Waals surface area (Å²) in [7, 11) is -4.14. The SMILES string of the molecule is O=S(=O)(Nc1ccnc2cc(-c3cccnc3)nn12)c1ccc(C(F)(F)F)cc1. The molecule has 1 N–H and O–H groups in total. The minimum Gasteiger partial charge on any atom is -0.264 e. The Morgan fingerprint density at radius 2 is 1.76 bits per heavy atom. The number of sulfonamides is 1. The number of nitrogens with one attached hydrogen (secondary N) is 1. The number of rotatable bonds is 4. The van der Waals surface area contributed by atoms with E-state index in [9.17, 15) is 21.6 Å². The van der Waals surface area contributed by atoms with Crippen molar-refractivity contribution in [3.63, 3.8) is 0 Å². The molecule has 1 aromatic carbocycles. The van der Waals surface area contributed by atoms with Crippen LogP contribution in [0.25, 0.3) is 16.9 Å². The van der Waals surface area contributed by atoms with Gasteiger partial charge in [-0.1, -0.05) is 0 Å². The zero-order chi connectivity index (χ0) is 20.6. The third-order valence-electron chi connectivity index (χ3n) is 4.05. The van der Waals surface area contributed by atoms with Crippen molar-refractivity contribution >= 4 is 21.5 Å². The number of hydrogen-bond donors (Lipinski definition) is 1. The van der Waals surface area contributed by atoms with Crippen LogP contribution in [0.1, 0.15) is 5.56 Å². The fraction of sp³-hybridized carbons (Fsp3) is 0.0556. The molecular weight excluding hydrogens is 407 g/mol. The molecule has 0 atom stereocenters. The van der Waals surface area contributed by atoms with Crippen molar-refractivity contribution in [2.45, 2.75) is 11.1 Å². The summed E-state index contributed by atoms with van der Waals surface area (Å²) >= 11 is 0. The molecule has 7 nitrogen and oxygen atoms in total. The van der Waals surface area contributed by atoms with Gasteiger partial charge in [0.05, 0.1) is 16.2 Å². The van der Waals surface area contributed by atoms with Crippen LogP contribution in [0.3, 0.4) is 0 Å². The minimum absolute atomic E-state index is 0.0880. The summed E-state index contributed by atoms with van der Waals surface area (Å²) in [6.45, 7) is 0. The molecule has 4 aromatic rings. The van der Waals surface area contributed by atoms with E-state index in [0.717, 1.165) is 17.7 Å². The number of hydrogen-bond acceptors (Lipinski definition) is 5. The molecule has 0 bridgehead atoms. The summed E-state index contributed by atoms with van der Waals surface area (Å²) in [4.78, 5) is 7.86. The molecule has 3 aromatic heterocycles. The normalized spacial score (nSPS) is 12.2. The Morgan fingerprint density at radius 1 is 1.00 bits per heavy atom. The van der Waals surface area contributed by atoms with Gasteiger partial charge in [-0.05, 0) is 42.5 Å². The van der Waals surface area contributed by atoms with Gasteiger partial charge in [-0.25, -0.2) is 13.4 Å². The Balaban J connectivity index is 1.69. The largest absolute Gasteiger partial charge is 0.416 e. The number of alkyl halides is 3. The molecule has 0 aliphatic heterocycles. The second kappa shape index (κ2) is 6.85. The van der Waals surface area contributed by atoms with Gasteiger partial charge >= 0.3 is 6.18 Å². The number of halogens is 3. The molecule has 0 aliphatic carbocycles. The van der Waals surface area contributed by atoms with Crippen LogP contribution >= 0.6 is 0 Å². The molecule has 3 heterocycles. The molecule has 0 spiro atoms. The monoisotopic (exact) mass is 419 g/mol. The topological polar surface area (TPSA) is 89.2 Å². The van der Waals surface area contributed by atoms with E-state index in [0.29, 0.717) is 23.5 Å². The maximum atomic E-state index is 12.7. The van der Waals surface area contributed by atoms with E-state index in [2.05, 4.69) is 19.8 Å². The zero-order valence-electron chi connectivity index (χ0n) is 14.5. The number of anilines is 1. The molecule has 0 fully saturated rings. The van der Waals surface area contributed by atoms with Crippen molar-refractivity contribution in [3.8, 4) is 11.3 Å². The van der Waals surface area contributed by atoms with Crippen molar-refractivity contribution < 1.29 is 21.6 Å². The Labute approximate surface area is 162 Å². The molecule has 148 valence electrons. The first-order valence-electron chi connectivity index (χ1n) is 8.19. The van der Waals surface area contributed by atoms with Gasteiger partial charge in [0.25, 0.3) is 10.0 Å². The Bertz CT molecular complexity index is 1270. The summed E-state index contributed by atoms with van der Waals surface area (Å²) in [6.07, 6.45) is 0.0639. The maximum Gasteiger partial charge on any atom is 0.416 e. The van der Waals surface area contributed by atoms with E-state index < -0.39 is 21.8 Å². The van der Waals surface area contributed by atoms with Gasteiger partial charge in [-0.2, -0.15) is 22.8 Å². The van der Waals surface area contributed by atoms with E-state index in [1.54, 1.807) is 30.6 Å². The maximum absolute atomic E-state index is 12.7. The van der Waals surface area contributed by atoms with E-state index in [4.69, 9.17) is 0 Å². The van der Waals surface area contributed by atoms with Gasteiger partial charge in [0, 0.05) is 30.2 Å². The lowest BCUT2D eigenvalue weighted by Gasteiger charge is -2.11. The van der Waals surface area contributed by atoms with Crippen LogP contribution < -0.4 is 4.72 Å². The molecule has 29 heavy (non-hydrogen) atoms. The number of fused-ring (bicyclic) bond motifs is 1. The van der Waals surface area contributed by atoms with E-state index in [1.165, 1.54) is 16.8 Å². The lowest BCUT2D eigenvalue weighted by molar-refractivity contribution is -0.137. The predicted octanol–water partition coefficient (Wildman–Crippen LogP) is 3.61. The third-order valence-corrected chi connectivity index (χ3v) is 5.42. The van der Waals surface area contributed by atoms with Gasteiger partial charge in [-0.15, -0.1) is 0 Å². The minimum atomic E-state index is -4.55. The summed E-state index contributed by atoms with van der Waals surface area (Å²) in [6, 6.07) is 9.81. The fourth-order valence-corrected chi connectivity index (χ4v) is 3.69. The Morgan fingerprint density at radius 3 is 2.41 bits per heavy atom. The van der Waals surface area contributed by atoms with E-state index >= 15 is 0 Å². The molecule has 4 rings (SSSR count). The fourth-order valence-electron chi connectivity index (χ4n) is 2.65. The molecule has 0 saturated carbocycles. The highest BCUT2D eigenvalue weighted by Gasteiger charge is 2.30. The van der Waals surface area contributed by atoms with Crippen LogP contribution in [-0.2, 0) is 16.2 Å². The van der Waals surface area contributed by atoms with Crippen molar-refractivity contribution in [1.82, 2.24) is 19.6 Å². The predicted molar refractivity (Wildman–Crippen MR) is 98.5 cm³/mol.